The monoisotopic (exact) mass is 285 g/mol. The molecule has 19 heavy (non-hydrogen) atoms. The van der Waals surface area contributed by atoms with Gasteiger partial charge in [-0.2, -0.15) is 0 Å². The van der Waals surface area contributed by atoms with Crippen LogP contribution in [0, 0.1) is 17.6 Å². The molecule has 0 bridgehead atoms. The molecule has 0 heterocycles. The van der Waals surface area contributed by atoms with Crippen LogP contribution in [0.3, 0.4) is 0 Å². The summed E-state index contributed by atoms with van der Waals surface area (Å²) < 4.78 is 26.4. The van der Waals surface area contributed by atoms with Gasteiger partial charge in [0.15, 0.2) is 0 Å². The average molecular weight is 285 g/mol. The number of benzene rings is 1. The van der Waals surface area contributed by atoms with Crippen molar-refractivity contribution in [3.8, 4) is 0 Å². The Hall–Kier alpha value is -0.610. The van der Waals surface area contributed by atoms with E-state index in [1.54, 1.807) is 0 Å². The van der Waals surface area contributed by atoms with Crippen molar-refractivity contribution in [3.05, 3.63) is 29.8 Å². The van der Waals surface area contributed by atoms with Gasteiger partial charge in [-0.3, -0.25) is 0 Å². The minimum Gasteiger partial charge on any atom is -0.313 e. The number of nitrogens with one attached hydrogen (secondary N) is 1. The van der Waals surface area contributed by atoms with Gasteiger partial charge < -0.3 is 5.32 Å². The maximum atomic E-state index is 13.4. The molecule has 1 N–H and O–H groups in total. The minimum atomic E-state index is -0.377. The molecule has 0 aromatic heterocycles. The Morgan fingerprint density at radius 3 is 2.68 bits per heavy atom. The molecule has 0 atom stereocenters. The van der Waals surface area contributed by atoms with Gasteiger partial charge in [-0.05, 0) is 49.8 Å². The van der Waals surface area contributed by atoms with Crippen LogP contribution in [0.1, 0.15) is 32.6 Å². The number of halogens is 2. The van der Waals surface area contributed by atoms with E-state index in [0.717, 1.165) is 24.3 Å². The Morgan fingerprint density at radius 2 is 1.95 bits per heavy atom. The molecule has 106 valence electrons. The van der Waals surface area contributed by atoms with Gasteiger partial charge in [-0.25, -0.2) is 8.78 Å². The van der Waals surface area contributed by atoms with Crippen LogP contribution in [0.2, 0.25) is 0 Å². The van der Waals surface area contributed by atoms with E-state index in [1.165, 1.54) is 49.6 Å². The summed E-state index contributed by atoms with van der Waals surface area (Å²) in [7, 11) is 0. The lowest BCUT2D eigenvalue weighted by Gasteiger charge is -2.26. The summed E-state index contributed by atoms with van der Waals surface area (Å²) in [5, 5.41) is 3.51. The van der Waals surface area contributed by atoms with Gasteiger partial charge in [0.2, 0.25) is 0 Å². The number of hydrogen-bond donors (Lipinski definition) is 1. The van der Waals surface area contributed by atoms with Crippen LogP contribution in [0.15, 0.2) is 23.1 Å². The molecular weight excluding hydrogens is 264 g/mol. The highest BCUT2D eigenvalue weighted by molar-refractivity contribution is 7.99. The first-order chi connectivity index (χ1) is 9.15. The molecule has 1 aromatic rings. The maximum absolute atomic E-state index is 13.4. The van der Waals surface area contributed by atoms with Gasteiger partial charge in [0.05, 0.1) is 0 Å². The van der Waals surface area contributed by atoms with Crippen LogP contribution in [0.25, 0.3) is 0 Å². The van der Waals surface area contributed by atoms with Crippen molar-refractivity contribution < 1.29 is 8.78 Å². The molecule has 0 aliphatic heterocycles. The van der Waals surface area contributed by atoms with Crippen molar-refractivity contribution in [1.82, 2.24) is 5.32 Å². The molecule has 1 aromatic carbocycles. The zero-order valence-corrected chi connectivity index (χ0v) is 12.1. The normalized spacial score (nSPS) is 23.5. The Bertz CT molecular complexity index is 403. The van der Waals surface area contributed by atoms with E-state index in [0.29, 0.717) is 10.9 Å². The topological polar surface area (TPSA) is 12.0 Å². The van der Waals surface area contributed by atoms with E-state index in [1.807, 2.05) is 0 Å². The van der Waals surface area contributed by atoms with Crippen molar-refractivity contribution in [2.45, 2.75) is 43.5 Å². The first-order valence-electron chi connectivity index (χ1n) is 6.96. The molecule has 0 saturated heterocycles. The van der Waals surface area contributed by atoms with E-state index in [9.17, 15) is 8.78 Å². The molecule has 1 nitrogen and oxygen atoms in total. The smallest absolute Gasteiger partial charge is 0.136 e. The number of thioether (sulfide) groups is 1. The summed E-state index contributed by atoms with van der Waals surface area (Å²) in [5.41, 5.74) is 0. The van der Waals surface area contributed by atoms with Gasteiger partial charge >= 0.3 is 0 Å². The Kier molecular flexibility index (Phi) is 5.64. The number of rotatable bonds is 5. The molecule has 2 rings (SSSR count). The van der Waals surface area contributed by atoms with Gasteiger partial charge in [0.1, 0.15) is 11.6 Å². The summed E-state index contributed by atoms with van der Waals surface area (Å²) in [6.07, 6.45) is 5.06. The van der Waals surface area contributed by atoms with Gasteiger partial charge in [0.25, 0.3) is 0 Å². The lowest BCUT2D eigenvalue weighted by atomic mass is 9.87. The fourth-order valence-corrected chi connectivity index (χ4v) is 3.32. The van der Waals surface area contributed by atoms with E-state index >= 15 is 0 Å². The SMILES string of the molecule is CC1CCC(NCCSc2cc(F)ccc2F)CC1. The largest absolute Gasteiger partial charge is 0.313 e. The molecule has 1 fully saturated rings. The second-order valence-corrected chi connectivity index (χ2v) is 6.47. The lowest BCUT2D eigenvalue weighted by Crippen LogP contribution is -2.34. The first kappa shape index (κ1) is 14.8. The minimum absolute atomic E-state index is 0.335. The van der Waals surface area contributed by atoms with Crippen LogP contribution in [0.5, 0.6) is 0 Å². The molecule has 1 aliphatic carbocycles. The second-order valence-electron chi connectivity index (χ2n) is 5.33. The molecular formula is C15H21F2NS. The predicted molar refractivity (Wildman–Crippen MR) is 76.5 cm³/mol. The van der Waals surface area contributed by atoms with Crippen LogP contribution >= 0.6 is 11.8 Å². The summed E-state index contributed by atoms with van der Waals surface area (Å²) in [6, 6.07) is 4.21. The standard InChI is InChI=1S/C15H21F2NS/c1-11-2-5-13(6-3-11)18-8-9-19-15-10-12(16)4-7-14(15)17/h4,7,10-11,13,18H,2-3,5-6,8-9H2,1H3. The zero-order valence-electron chi connectivity index (χ0n) is 11.3. The van der Waals surface area contributed by atoms with Crippen LogP contribution in [-0.4, -0.2) is 18.3 Å². The fraction of sp³-hybridized carbons (Fsp3) is 0.600. The average Bonchev–Trinajstić information content (AvgIpc) is 2.40. The third-order valence-corrected chi connectivity index (χ3v) is 4.73. The molecule has 0 unspecified atom stereocenters. The summed E-state index contributed by atoms with van der Waals surface area (Å²) in [4.78, 5) is 0.402. The van der Waals surface area contributed by atoms with Gasteiger partial charge in [-0.1, -0.05) is 6.92 Å². The van der Waals surface area contributed by atoms with E-state index in [-0.39, 0.29) is 11.6 Å². The molecule has 0 radical (unpaired) electrons. The van der Waals surface area contributed by atoms with Crippen molar-refractivity contribution in [3.63, 3.8) is 0 Å². The predicted octanol–water partition coefficient (Wildman–Crippen LogP) is 4.23. The van der Waals surface area contributed by atoms with Gasteiger partial charge in [0, 0.05) is 23.2 Å². The highest BCUT2D eigenvalue weighted by Gasteiger charge is 2.17. The van der Waals surface area contributed by atoms with Crippen LogP contribution in [-0.2, 0) is 0 Å². The summed E-state index contributed by atoms with van der Waals surface area (Å²) in [6.45, 7) is 3.15. The Morgan fingerprint density at radius 1 is 1.21 bits per heavy atom. The van der Waals surface area contributed by atoms with Crippen LogP contribution < -0.4 is 5.32 Å². The highest BCUT2D eigenvalue weighted by atomic mass is 32.2. The summed E-state index contributed by atoms with van der Waals surface area (Å²) >= 11 is 1.37. The highest BCUT2D eigenvalue weighted by Crippen LogP contribution is 2.24. The van der Waals surface area contributed by atoms with Crippen molar-refractivity contribution in [1.29, 1.82) is 0 Å². The quantitative estimate of drug-likeness (QED) is 0.642. The van der Waals surface area contributed by atoms with Gasteiger partial charge in [-0.15, -0.1) is 11.8 Å². The number of hydrogen-bond acceptors (Lipinski definition) is 2. The fourth-order valence-electron chi connectivity index (χ4n) is 2.48. The molecule has 0 amide bonds. The van der Waals surface area contributed by atoms with E-state index in [2.05, 4.69) is 12.2 Å². The van der Waals surface area contributed by atoms with Crippen molar-refractivity contribution >= 4 is 11.8 Å². The first-order valence-corrected chi connectivity index (χ1v) is 7.95. The lowest BCUT2D eigenvalue weighted by molar-refractivity contribution is 0.312. The van der Waals surface area contributed by atoms with Crippen LogP contribution in [0.4, 0.5) is 8.78 Å². The van der Waals surface area contributed by atoms with E-state index < -0.39 is 0 Å². The molecule has 1 aliphatic rings. The third kappa shape index (κ3) is 4.77. The Balaban J connectivity index is 1.68. The second kappa shape index (κ2) is 7.25. The zero-order chi connectivity index (χ0) is 13.7. The van der Waals surface area contributed by atoms with Crippen molar-refractivity contribution in [2.75, 3.05) is 12.3 Å². The molecule has 0 spiro atoms. The summed E-state index contributed by atoms with van der Waals surface area (Å²) in [5.74, 6) is 0.914. The maximum Gasteiger partial charge on any atom is 0.136 e. The van der Waals surface area contributed by atoms with E-state index in [4.69, 9.17) is 0 Å². The molecule has 1 saturated carbocycles. The molecule has 4 heteroatoms. The third-order valence-electron chi connectivity index (χ3n) is 3.70. The Labute approximate surface area is 118 Å². The van der Waals surface area contributed by atoms with Crippen molar-refractivity contribution in [2.24, 2.45) is 5.92 Å².